The SMILES string of the molecule is O=c1[nH]c(CSc2nnc(C3CC3)n2-c2ccccc2)nc2ccccc12. The predicted molar refractivity (Wildman–Crippen MR) is 105 cm³/mol. The summed E-state index contributed by atoms with van der Waals surface area (Å²) in [5.41, 5.74) is 1.66. The van der Waals surface area contributed by atoms with E-state index in [9.17, 15) is 4.79 Å². The number of para-hydroxylation sites is 2. The van der Waals surface area contributed by atoms with Crippen molar-refractivity contribution in [1.82, 2.24) is 24.7 Å². The molecule has 5 rings (SSSR count). The number of hydrogen-bond donors (Lipinski definition) is 1. The maximum absolute atomic E-state index is 12.3. The van der Waals surface area contributed by atoms with Crippen molar-refractivity contribution in [2.24, 2.45) is 0 Å². The smallest absolute Gasteiger partial charge is 0.258 e. The van der Waals surface area contributed by atoms with Gasteiger partial charge in [-0.2, -0.15) is 0 Å². The number of fused-ring (bicyclic) bond motifs is 1. The van der Waals surface area contributed by atoms with E-state index in [0.29, 0.717) is 28.4 Å². The van der Waals surface area contributed by atoms with Gasteiger partial charge in [0, 0.05) is 11.6 Å². The van der Waals surface area contributed by atoms with Crippen molar-refractivity contribution in [3.8, 4) is 5.69 Å². The lowest BCUT2D eigenvalue weighted by Crippen LogP contribution is -2.11. The van der Waals surface area contributed by atoms with Gasteiger partial charge in [-0.3, -0.25) is 9.36 Å². The second kappa shape index (κ2) is 6.66. The fourth-order valence-corrected chi connectivity index (χ4v) is 3.97. The highest BCUT2D eigenvalue weighted by atomic mass is 32.2. The number of nitrogens with one attached hydrogen (secondary N) is 1. The predicted octanol–water partition coefficient (Wildman–Crippen LogP) is 3.67. The lowest BCUT2D eigenvalue weighted by atomic mass is 10.2. The Hall–Kier alpha value is -2.93. The van der Waals surface area contributed by atoms with Gasteiger partial charge in [0.2, 0.25) is 0 Å². The minimum absolute atomic E-state index is 0.112. The van der Waals surface area contributed by atoms with Gasteiger partial charge >= 0.3 is 0 Å². The number of H-pyrrole nitrogens is 1. The third kappa shape index (κ3) is 3.14. The van der Waals surface area contributed by atoms with Gasteiger partial charge in [0.25, 0.3) is 5.56 Å². The molecule has 0 saturated heterocycles. The molecule has 0 atom stereocenters. The summed E-state index contributed by atoms with van der Waals surface area (Å²) >= 11 is 1.53. The zero-order chi connectivity index (χ0) is 18.2. The Balaban J connectivity index is 1.47. The topological polar surface area (TPSA) is 76.5 Å². The number of hydrogen-bond acceptors (Lipinski definition) is 5. The molecule has 0 amide bonds. The molecule has 7 heteroatoms. The summed E-state index contributed by atoms with van der Waals surface area (Å²) in [6.07, 6.45) is 2.32. The number of thioether (sulfide) groups is 1. The molecular weight excluding hydrogens is 358 g/mol. The monoisotopic (exact) mass is 375 g/mol. The third-order valence-corrected chi connectivity index (χ3v) is 5.56. The van der Waals surface area contributed by atoms with E-state index in [1.807, 2.05) is 36.4 Å². The van der Waals surface area contributed by atoms with Crippen molar-refractivity contribution < 1.29 is 0 Å². The summed E-state index contributed by atoms with van der Waals surface area (Å²) in [5, 5.41) is 10.3. The number of aromatic nitrogens is 5. The molecule has 134 valence electrons. The molecule has 27 heavy (non-hydrogen) atoms. The van der Waals surface area contributed by atoms with Crippen LogP contribution >= 0.6 is 11.8 Å². The largest absolute Gasteiger partial charge is 0.309 e. The van der Waals surface area contributed by atoms with Crippen LogP contribution in [0.3, 0.4) is 0 Å². The molecular formula is C20H17N5OS. The molecule has 1 N–H and O–H groups in total. The van der Waals surface area contributed by atoms with Gasteiger partial charge < -0.3 is 4.98 Å². The van der Waals surface area contributed by atoms with E-state index >= 15 is 0 Å². The highest BCUT2D eigenvalue weighted by Crippen LogP contribution is 2.41. The highest BCUT2D eigenvalue weighted by Gasteiger charge is 2.31. The van der Waals surface area contributed by atoms with Gasteiger partial charge in [0.1, 0.15) is 11.6 Å². The Kier molecular flexibility index (Phi) is 4.01. The number of rotatable bonds is 5. The quantitative estimate of drug-likeness (QED) is 0.539. The zero-order valence-corrected chi connectivity index (χ0v) is 15.3. The van der Waals surface area contributed by atoms with E-state index < -0.39 is 0 Å². The van der Waals surface area contributed by atoms with Gasteiger partial charge in [0.15, 0.2) is 5.16 Å². The van der Waals surface area contributed by atoms with Crippen molar-refractivity contribution >= 4 is 22.7 Å². The molecule has 1 fully saturated rings. The number of benzene rings is 2. The lowest BCUT2D eigenvalue weighted by Gasteiger charge is -2.09. The fraction of sp³-hybridized carbons (Fsp3) is 0.200. The summed E-state index contributed by atoms with van der Waals surface area (Å²) < 4.78 is 2.13. The van der Waals surface area contributed by atoms with Crippen molar-refractivity contribution in [3.05, 3.63) is 76.6 Å². The first-order valence-corrected chi connectivity index (χ1v) is 9.89. The first kappa shape index (κ1) is 16.3. The van der Waals surface area contributed by atoms with E-state index in [1.165, 1.54) is 11.8 Å². The summed E-state index contributed by atoms with van der Waals surface area (Å²) in [6.45, 7) is 0. The maximum atomic E-state index is 12.3. The Morgan fingerprint density at radius 2 is 1.81 bits per heavy atom. The molecule has 1 saturated carbocycles. The normalized spacial score (nSPS) is 13.9. The van der Waals surface area contributed by atoms with Crippen LogP contribution in [-0.2, 0) is 5.75 Å². The first-order chi connectivity index (χ1) is 13.3. The molecule has 0 unspecified atom stereocenters. The molecule has 2 heterocycles. The van der Waals surface area contributed by atoms with E-state index in [2.05, 4.69) is 36.9 Å². The Morgan fingerprint density at radius 3 is 2.63 bits per heavy atom. The minimum atomic E-state index is -0.112. The van der Waals surface area contributed by atoms with Crippen molar-refractivity contribution in [1.29, 1.82) is 0 Å². The van der Waals surface area contributed by atoms with Crippen LogP contribution in [0.1, 0.15) is 30.4 Å². The standard InChI is InChI=1S/C20H17N5OS/c26-19-15-8-4-5-9-16(15)21-17(22-19)12-27-20-24-23-18(13-10-11-13)25(20)14-6-2-1-3-7-14/h1-9,13H,10-12H2,(H,21,22,26). The number of aromatic amines is 1. The first-order valence-electron chi connectivity index (χ1n) is 8.91. The molecule has 1 aliphatic carbocycles. The van der Waals surface area contributed by atoms with Gasteiger partial charge in [0.05, 0.1) is 16.7 Å². The van der Waals surface area contributed by atoms with Gasteiger partial charge in [-0.25, -0.2) is 4.98 Å². The Morgan fingerprint density at radius 1 is 1.04 bits per heavy atom. The van der Waals surface area contributed by atoms with Gasteiger partial charge in [-0.05, 0) is 37.1 Å². The zero-order valence-electron chi connectivity index (χ0n) is 14.5. The van der Waals surface area contributed by atoms with E-state index in [4.69, 9.17) is 0 Å². The maximum Gasteiger partial charge on any atom is 0.258 e. The van der Waals surface area contributed by atoms with Crippen LogP contribution in [0, 0.1) is 0 Å². The molecule has 2 aromatic heterocycles. The molecule has 0 aliphatic heterocycles. The van der Waals surface area contributed by atoms with Gasteiger partial charge in [-0.1, -0.05) is 42.1 Å². The van der Waals surface area contributed by atoms with Crippen LogP contribution in [0.5, 0.6) is 0 Å². The van der Waals surface area contributed by atoms with Crippen LogP contribution in [0.25, 0.3) is 16.6 Å². The Bertz CT molecular complexity index is 1160. The van der Waals surface area contributed by atoms with Gasteiger partial charge in [-0.15, -0.1) is 10.2 Å². The molecule has 6 nitrogen and oxygen atoms in total. The van der Waals surface area contributed by atoms with Crippen LogP contribution in [0.15, 0.2) is 64.5 Å². The summed E-state index contributed by atoms with van der Waals surface area (Å²) in [4.78, 5) is 19.7. The molecule has 4 aromatic rings. The molecule has 1 aliphatic rings. The average molecular weight is 375 g/mol. The third-order valence-electron chi connectivity index (χ3n) is 4.62. The number of nitrogens with zero attached hydrogens (tertiary/aromatic N) is 4. The van der Waals surface area contributed by atoms with Crippen LogP contribution in [0.2, 0.25) is 0 Å². The van der Waals surface area contributed by atoms with Crippen LogP contribution in [0.4, 0.5) is 0 Å². The molecule has 0 bridgehead atoms. The molecule has 0 radical (unpaired) electrons. The van der Waals surface area contributed by atoms with Crippen molar-refractivity contribution in [3.63, 3.8) is 0 Å². The van der Waals surface area contributed by atoms with Crippen molar-refractivity contribution in [2.75, 3.05) is 0 Å². The minimum Gasteiger partial charge on any atom is -0.309 e. The summed E-state index contributed by atoms with van der Waals surface area (Å²) in [7, 11) is 0. The Labute approximate surface area is 159 Å². The average Bonchev–Trinajstić information content (AvgIpc) is 3.46. The lowest BCUT2D eigenvalue weighted by molar-refractivity contribution is 0.828. The fourth-order valence-electron chi connectivity index (χ4n) is 3.14. The second-order valence-electron chi connectivity index (χ2n) is 6.60. The second-order valence-corrected chi connectivity index (χ2v) is 7.55. The summed E-state index contributed by atoms with van der Waals surface area (Å²) in [5.74, 6) is 2.67. The molecule has 2 aromatic carbocycles. The highest BCUT2D eigenvalue weighted by molar-refractivity contribution is 7.98. The van der Waals surface area contributed by atoms with Crippen molar-refractivity contribution in [2.45, 2.75) is 29.7 Å². The van der Waals surface area contributed by atoms with E-state index in [0.717, 1.165) is 29.5 Å². The van der Waals surface area contributed by atoms with E-state index in [1.54, 1.807) is 6.07 Å². The van der Waals surface area contributed by atoms with Crippen LogP contribution < -0.4 is 5.56 Å². The van der Waals surface area contributed by atoms with Crippen LogP contribution in [-0.4, -0.2) is 24.7 Å². The van der Waals surface area contributed by atoms with E-state index in [-0.39, 0.29) is 5.56 Å². The summed E-state index contributed by atoms with van der Waals surface area (Å²) in [6, 6.07) is 17.5. The molecule has 0 spiro atoms.